The summed E-state index contributed by atoms with van der Waals surface area (Å²) >= 11 is 0. The molecule has 3 aromatic heterocycles. The normalized spacial score (nSPS) is 18.2. The van der Waals surface area contributed by atoms with Crippen molar-refractivity contribution in [2.24, 2.45) is 5.41 Å². The number of aromatic amines is 1. The van der Waals surface area contributed by atoms with Crippen molar-refractivity contribution >= 4 is 28.6 Å². The first-order chi connectivity index (χ1) is 23.9. The van der Waals surface area contributed by atoms with E-state index in [1.54, 1.807) is 32.5 Å². The number of fused-ring (bicyclic) bond motifs is 1. The van der Waals surface area contributed by atoms with Gasteiger partial charge in [0.1, 0.15) is 22.8 Å². The Kier molecular flexibility index (Phi) is 10.3. The summed E-state index contributed by atoms with van der Waals surface area (Å²) in [7, 11) is 3.62. The first-order valence-corrected chi connectivity index (χ1v) is 16.8. The van der Waals surface area contributed by atoms with Crippen LogP contribution in [0.15, 0.2) is 36.7 Å². The molecule has 1 aliphatic heterocycles. The highest BCUT2D eigenvalue weighted by Gasteiger charge is 2.37. The molecule has 0 radical (unpaired) electrons. The SMILES string of the molecule is CCOC(=O)CN1CCN(c2cnc(-c3nc4nc(-c5ccc(F)c(C(F)(F)F)c5)cc(N(C)CC5(COC)CCCC5)c4[nH]3)cn2)[C@H](C)C1. The standard InChI is InChI=1S/C35H42F4N8O3/c1-5-50-30(48)19-46-12-13-47(22(2)18-46)29-17-40-27(16-41-29)32-43-31-28(45(3)20-34(21-49-4)10-6-7-11-34)15-26(42-33(31)44-32)23-8-9-25(36)24(14-23)35(37,38)39/h8-9,14-17,22H,5-7,10-13,18-21H2,1-4H3,(H,42,43,44)/t22-/m1/s1. The van der Waals surface area contributed by atoms with E-state index in [0.29, 0.717) is 67.9 Å². The van der Waals surface area contributed by atoms with E-state index in [0.717, 1.165) is 37.8 Å². The molecule has 1 aliphatic carbocycles. The van der Waals surface area contributed by atoms with E-state index in [2.05, 4.69) is 41.6 Å². The molecule has 4 aromatic rings. The van der Waals surface area contributed by atoms with Crippen LogP contribution < -0.4 is 9.80 Å². The Morgan fingerprint density at radius 3 is 2.54 bits per heavy atom. The number of alkyl halides is 3. The highest BCUT2D eigenvalue weighted by atomic mass is 19.4. The Balaban J connectivity index is 1.32. The number of rotatable bonds is 11. The number of carbonyl (C=O) groups is 1. The molecule has 1 atom stereocenters. The molecule has 0 amide bonds. The van der Waals surface area contributed by atoms with Gasteiger partial charge in [0.05, 0.1) is 49.1 Å². The van der Waals surface area contributed by atoms with Crippen molar-refractivity contribution in [2.45, 2.75) is 51.7 Å². The van der Waals surface area contributed by atoms with Crippen LogP contribution in [0.3, 0.4) is 0 Å². The van der Waals surface area contributed by atoms with Crippen molar-refractivity contribution in [1.82, 2.24) is 29.8 Å². The monoisotopic (exact) mass is 698 g/mol. The predicted octanol–water partition coefficient (Wildman–Crippen LogP) is 5.96. The summed E-state index contributed by atoms with van der Waals surface area (Å²) in [6, 6.07) is 4.68. The van der Waals surface area contributed by atoms with Crippen LogP contribution >= 0.6 is 0 Å². The van der Waals surface area contributed by atoms with Crippen molar-refractivity contribution in [3.05, 3.63) is 48.0 Å². The van der Waals surface area contributed by atoms with Crippen LogP contribution in [0.4, 0.5) is 29.1 Å². The number of hydrogen-bond acceptors (Lipinski definition) is 10. The highest BCUT2D eigenvalue weighted by Crippen LogP contribution is 2.41. The quantitative estimate of drug-likeness (QED) is 0.149. The Bertz CT molecular complexity index is 1810. The topological polar surface area (TPSA) is 113 Å². The highest BCUT2D eigenvalue weighted by molar-refractivity contribution is 5.91. The summed E-state index contributed by atoms with van der Waals surface area (Å²) in [4.78, 5) is 40.2. The van der Waals surface area contributed by atoms with Crippen molar-refractivity contribution < 1.29 is 31.8 Å². The first-order valence-electron chi connectivity index (χ1n) is 16.8. The van der Waals surface area contributed by atoms with Gasteiger partial charge < -0.3 is 24.3 Å². The summed E-state index contributed by atoms with van der Waals surface area (Å²) in [6.45, 7) is 7.67. The molecule has 1 saturated carbocycles. The van der Waals surface area contributed by atoms with Gasteiger partial charge in [-0.3, -0.25) is 9.69 Å². The summed E-state index contributed by atoms with van der Waals surface area (Å²) in [5.74, 6) is -0.505. The van der Waals surface area contributed by atoms with Gasteiger partial charge in [0.15, 0.2) is 11.5 Å². The second kappa shape index (κ2) is 14.5. The molecule has 6 rings (SSSR count). The second-order valence-electron chi connectivity index (χ2n) is 13.3. The van der Waals surface area contributed by atoms with Gasteiger partial charge in [-0.1, -0.05) is 12.8 Å². The lowest BCUT2D eigenvalue weighted by atomic mass is 9.86. The average Bonchev–Trinajstić information content (AvgIpc) is 3.72. The lowest BCUT2D eigenvalue weighted by Gasteiger charge is -2.39. The number of nitrogens with zero attached hydrogens (tertiary/aromatic N) is 7. The molecule has 50 heavy (non-hydrogen) atoms. The number of imidazole rings is 1. The zero-order valence-corrected chi connectivity index (χ0v) is 28.7. The number of H-pyrrole nitrogens is 1. The summed E-state index contributed by atoms with van der Waals surface area (Å²) in [5, 5.41) is 0. The number of anilines is 2. The van der Waals surface area contributed by atoms with Gasteiger partial charge in [-0.2, -0.15) is 13.2 Å². The second-order valence-corrected chi connectivity index (χ2v) is 13.3. The Morgan fingerprint density at radius 2 is 1.88 bits per heavy atom. The van der Waals surface area contributed by atoms with Gasteiger partial charge in [-0.15, -0.1) is 0 Å². The fraction of sp³-hybridized carbons (Fsp3) is 0.514. The van der Waals surface area contributed by atoms with Crippen LogP contribution in [0.1, 0.15) is 45.1 Å². The molecule has 0 spiro atoms. The molecule has 268 valence electrons. The summed E-state index contributed by atoms with van der Waals surface area (Å²) in [6.07, 6.45) is 2.61. The number of hydrogen-bond donors (Lipinski definition) is 1. The maximum absolute atomic E-state index is 14.2. The molecular formula is C35H42F4N8O3. The number of carbonyl (C=O) groups excluding carboxylic acids is 1. The van der Waals surface area contributed by atoms with Crippen LogP contribution in [-0.2, 0) is 20.4 Å². The minimum absolute atomic E-state index is 0.0792. The van der Waals surface area contributed by atoms with E-state index in [-0.39, 0.29) is 40.9 Å². The number of piperazine rings is 1. The minimum atomic E-state index is -4.86. The molecule has 1 aromatic carbocycles. The number of halogens is 4. The summed E-state index contributed by atoms with van der Waals surface area (Å²) < 4.78 is 65.9. The molecule has 15 heteroatoms. The molecule has 2 aliphatic rings. The number of pyridine rings is 1. The third kappa shape index (κ3) is 7.53. The first kappa shape index (κ1) is 35.5. The Morgan fingerprint density at radius 1 is 1.10 bits per heavy atom. The zero-order valence-electron chi connectivity index (χ0n) is 28.7. The largest absolute Gasteiger partial charge is 0.465 e. The maximum Gasteiger partial charge on any atom is 0.419 e. The fourth-order valence-electron chi connectivity index (χ4n) is 7.31. The van der Waals surface area contributed by atoms with E-state index in [4.69, 9.17) is 14.5 Å². The van der Waals surface area contributed by atoms with Gasteiger partial charge in [0.2, 0.25) is 0 Å². The van der Waals surface area contributed by atoms with Gasteiger partial charge in [-0.25, -0.2) is 24.3 Å². The van der Waals surface area contributed by atoms with Gasteiger partial charge in [-0.05, 0) is 51.0 Å². The molecule has 0 unspecified atom stereocenters. The van der Waals surface area contributed by atoms with E-state index in [1.165, 1.54) is 6.07 Å². The van der Waals surface area contributed by atoms with Gasteiger partial charge in [0.25, 0.3) is 0 Å². The Labute approximate surface area is 288 Å². The molecule has 0 bridgehead atoms. The number of benzene rings is 1. The third-order valence-corrected chi connectivity index (χ3v) is 9.65. The molecule has 2 fully saturated rings. The van der Waals surface area contributed by atoms with Crippen LogP contribution in [0.25, 0.3) is 33.9 Å². The molecular weight excluding hydrogens is 656 g/mol. The van der Waals surface area contributed by atoms with Crippen molar-refractivity contribution in [1.29, 1.82) is 0 Å². The van der Waals surface area contributed by atoms with Crippen LogP contribution in [0.2, 0.25) is 0 Å². The predicted molar refractivity (Wildman–Crippen MR) is 181 cm³/mol. The lowest BCUT2D eigenvalue weighted by Crippen LogP contribution is -2.53. The smallest absolute Gasteiger partial charge is 0.419 e. The van der Waals surface area contributed by atoms with E-state index in [9.17, 15) is 22.4 Å². The maximum atomic E-state index is 14.2. The molecule has 4 heterocycles. The average molecular weight is 699 g/mol. The van der Waals surface area contributed by atoms with E-state index < -0.39 is 17.6 Å². The number of ether oxygens (including phenoxy) is 2. The van der Waals surface area contributed by atoms with E-state index in [1.807, 2.05) is 7.05 Å². The third-order valence-electron chi connectivity index (χ3n) is 9.65. The van der Waals surface area contributed by atoms with Gasteiger partial charge >= 0.3 is 12.1 Å². The van der Waals surface area contributed by atoms with Crippen LogP contribution in [0.5, 0.6) is 0 Å². The lowest BCUT2D eigenvalue weighted by molar-refractivity contribution is -0.144. The number of nitrogens with one attached hydrogen (secondary N) is 1. The number of aromatic nitrogens is 5. The summed E-state index contributed by atoms with van der Waals surface area (Å²) in [5.41, 5.74) is 0.926. The number of methoxy groups -OCH3 is 1. The molecule has 11 nitrogen and oxygen atoms in total. The van der Waals surface area contributed by atoms with Crippen molar-refractivity contribution in [2.75, 3.05) is 69.9 Å². The van der Waals surface area contributed by atoms with Crippen molar-refractivity contribution in [3.8, 4) is 22.8 Å². The minimum Gasteiger partial charge on any atom is -0.465 e. The number of esters is 1. The van der Waals surface area contributed by atoms with Crippen LogP contribution in [0, 0.1) is 11.2 Å². The fourth-order valence-corrected chi connectivity index (χ4v) is 7.31. The Hall–Kier alpha value is -4.37. The molecule has 1 N–H and O–H groups in total. The van der Waals surface area contributed by atoms with Crippen LogP contribution in [-0.4, -0.2) is 102 Å². The van der Waals surface area contributed by atoms with E-state index >= 15 is 0 Å². The van der Waals surface area contributed by atoms with Crippen molar-refractivity contribution in [3.63, 3.8) is 0 Å². The van der Waals surface area contributed by atoms with Gasteiger partial charge in [0, 0.05) is 57.4 Å². The molecule has 1 saturated heterocycles. The zero-order chi connectivity index (χ0) is 35.6.